The van der Waals surface area contributed by atoms with E-state index in [0.717, 1.165) is 29.6 Å². The summed E-state index contributed by atoms with van der Waals surface area (Å²) in [4.78, 5) is 8.24. The predicted octanol–water partition coefficient (Wildman–Crippen LogP) is 4.92. The molecule has 0 bridgehead atoms. The molecular weight excluding hydrogens is 656 g/mol. The Balaban J connectivity index is 0. The predicted molar refractivity (Wildman–Crippen MR) is 146 cm³/mol. The van der Waals surface area contributed by atoms with Crippen LogP contribution in [0, 0.1) is 42.9 Å². The van der Waals surface area contributed by atoms with Crippen molar-refractivity contribution in [2.75, 3.05) is 0 Å². The molecule has 0 heterocycles. The Morgan fingerprint density at radius 2 is 0.730 bits per heavy atom. The third-order valence-electron chi connectivity index (χ3n) is 7.33. The molecule has 0 aliphatic heterocycles. The van der Waals surface area contributed by atoms with Gasteiger partial charge in [-0.15, -0.1) is 0 Å². The summed E-state index contributed by atoms with van der Waals surface area (Å²) in [7, 11) is 0. The third kappa shape index (κ3) is 12.0. The van der Waals surface area contributed by atoms with Crippen LogP contribution >= 0.6 is 0 Å². The molecule has 1 fully saturated rings. The molecule has 0 aromatic heterocycles. The first-order valence-electron chi connectivity index (χ1n) is 11.9. The van der Waals surface area contributed by atoms with Crippen LogP contribution in [0.2, 0.25) is 0 Å². The molecule has 0 atom stereocenters. The van der Waals surface area contributed by atoms with Crippen LogP contribution in [0.15, 0.2) is 91.0 Å². The van der Waals surface area contributed by atoms with Gasteiger partial charge in [-0.25, -0.2) is 0 Å². The molecule has 1 radical (unpaired) electrons. The summed E-state index contributed by atoms with van der Waals surface area (Å²) in [5.41, 5.74) is 0. The second kappa shape index (κ2) is 22.1. The Morgan fingerprint density at radius 1 is 0.568 bits per heavy atom. The summed E-state index contributed by atoms with van der Waals surface area (Å²) in [6.07, 6.45) is 0. The second-order valence-electron chi connectivity index (χ2n) is 8.86. The van der Waals surface area contributed by atoms with Crippen LogP contribution in [0.5, 0.6) is 0 Å². The summed E-state index contributed by atoms with van der Waals surface area (Å²) < 4.78 is 19.6. The van der Waals surface area contributed by atoms with Crippen molar-refractivity contribution in [2.45, 2.75) is 34.6 Å². The Morgan fingerprint density at radius 3 is 0.892 bits per heavy atom. The van der Waals surface area contributed by atoms with Gasteiger partial charge in [-0.1, -0.05) is 41.1 Å². The van der Waals surface area contributed by atoms with Gasteiger partial charge in [-0.05, 0) is 29.6 Å². The van der Waals surface area contributed by atoms with Crippen molar-refractivity contribution in [3.8, 4) is 0 Å². The maximum atomic E-state index is 8.24. The van der Waals surface area contributed by atoms with Gasteiger partial charge in [0.2, 0.25) is 0 Å². The fourth-order valence-corrected chi connectivity index (χ4v) is 12.1. The Bertz CT molecular complexity index is 851. The zero-order valence-corrected chi connectivity index (χ0v) is 26.7. The van der Waals surface area contributed by atoms with Gasteiger partial charge >= 0.3 is 164 Å². The third-order valence-corrected chi connectivity index (χ3v) is 15.1. The Hall–Kier alpha value is -1.97. The molecule has 37 heavy (non-hydrogen) atoms. The molecule has 4 nitrogen and oxygen atoms in total. The van der Waals surface area contributed by atoms with Crippen LogP contribution in [0.3, 0.4) is 0 Å². The molecule has 0 unspecified atom stereocenters. The topological polar surface area (TPSA) is 77.1 Å². The van der Waals surface area contributed by atoms with Crippen molar-refractivity contribution >= 4 is 37.0 Å². The van der Waals surface area contributed by atoms with Gasteiger partial charge < -0.3 is 9.90 Å². The molecule has 195 valence electrons. The first-order chi connectivity index (χ1) is 17.4. The molecule has 0 amide bonds. The van der Waals surface area contributed by atoms with E-state index in [0.29, 0.717) is 6.47 Å². The Kier molecular flexibility index (Phi) is 22.2. The number of hydrogen-bond acceptors (Lipinski definition) is 1. The fraction of sp³-hybridized carbons (Fsp3) is 0.323. The molecule has 4 rings (SSSR count). The van der Waals surface area contributed by atoms with Gasteiger partial charge in [0.1, 0.15) is 0 Å². The zero-order valence-electron chi connectivity index (χ0n) is 22.1. The van der Waals surface area contributed by atoms with E-state index < -0.39 is 19.8 Å². The van der Waals surface area contributed by atoms with Crippen LogP contribution in [0.4, 0.5) is 0 Å². The van der Waals surface area contributed by atoms with Crippen LogP contribution < -0.4 is 10.7 Å². The van der Waals surface area contributed by atoms with Crippen LogP contribution in [0.25, 0.3) is 0 Å². The quantitative estimate of drug-likeness (QED) is 0.241. The molecule has 1 N–H and O–H groups in total. The van der Waals surface area contributed by atoms with E-state index in [-0.39, 0.29) is 19.5 Å². The van der Waals surface area contributed by atoms with E-state index in [1.54, 1.807) is 0 Å². The summed E-state index contributed by atoms with van der Waals surface area (Å²) in [5.74, 6) is 4.68. The molecule has 0 spiro atoms. The normalized spacial score (nSPS) is 20.9. The van der Waals surface area contributed by atoms with Crippen LogP contribution in [-0.4, -0.2) is 31.3 Å². The van der Waals surface area contributed by atoms with E-state index in [2.05, 4.69) is 139 Å². The molecule has 1 saturated carbocycles. The minimum absolute atomic E-state index is 0. The van der Waals surface area contributed by atoms with Crippen molar-refractivity contribution < 1.29 is 38.7 Å². The van der Waals surface area contributed by atoms with Crippen molar-refractivity contribution in [1.29, 1.82) is 0 Å². The molecule has 1 aliphatic carbocycles. The van der Waals surface area contributed by atoms with Gasteiger partial charge in [0.25, 0.3) is 0 Å². The van der Waals surface area contributed by atoms with Gasteiger partial charge in [-0.2, -0.15) is 0 Å². The van der Waals surface area contributed by atoms with E-state index in [4.69, 9.17) is 19.2 Å². The van der Waals surface area contributed by atoms with Crippen molar-refractivity contribution in [2.24, 2.45) is 29.6 Å². The van der Waals surface area contributed by atoms with E-state index >= 15 is 0 Å². The van der Waals surface area contributed by atoms with E-state index in [1.165, 1.54) is 10.7 Å². The number of hydrogen-bond donors (Lipinski definition) is 1. The fourth-order valence-electron chi connectivity index (χ4n) is 4.71. The van der Waals surface area contributed by atoms with Crippen molar-refractivity contribution in [3.63, 3.8) is 0 Å². The molecular formula is C31H36O4RuSn+. The average Bonchev–Trinajstić information content (AvgIpc) is 3.11. The summed E-state index contributed by atoms with van der Waals surface area (Å²) >= 11 is -1.98. The number of aliphatic hydroxyl groups excluding tert-OH is 1. The van der Waals surface area contributed by atoms with Crippen LogP contribution in [-0.2, 0) is 33.6 Å². The van der Waals surface area contributed by atoms with Crippen LogP contribution in [0.1, 0.15) is 34.6 Å². The monoisotopic (exact) mass is 694 g/mol. The average molecular weight is 692 g/mol. The first kappa shape index (κ1) is 37.2. The van der Waals surface area contributed by atoms with Crippen molar-refractivity contribution in [3.05, 3.63) is 104 Å². The van der Waals surface area contributed by atoms with E-state index in [9.17, 15) is 0 Å². The van der Waals surface area contributed by atoms with Gasteiger partial charge in [0, 0.05) is 0 Å². The summed E-state index contributed by atoms with van der Waals surface area (Å²) in [6.45, 7) is 21.5. The summed E-state index contributed by atoms with van der Waals surface area (Å²) in [6, 6.07) is 32.9. The maximum absolute atomic E-state index is 8.24. The van der Waals surface area contributed by atoms with Gasteiger partial charge in [0.15, 0.2) is 0 Å². The van der Waals surface area contributed by atoms with Gasteiger partial charge in [0.05, 0.1) is 0 Å². The molecule has 3 aromatic carbocycles. The summed E-state index contributed by atoms with van der Waals surface area (Å²) in [5, 5.41) is 6.76. The molecule has 1 aliphatic rings. The minimum atomic E-state index is -1.98. The SMILES string of the molecule is CC1C(C)C(C)C(C)C1C.O=[C-]O.[C-]#[O+].[C-]#[O+].[Ru+2].c1cc[c]([Sn]([c]2ccccc2)[c]2ccccc2)cc1. The number of rotatable bonds is 3. The number of benzene rings is 3. The molecule has 6 heteroatoms. The van der Waals surface area contributed by atoms with Gasteiger partial charge in [-0.3, -0.25) is 0 Å². The zero-order chi connectivity index (χ0) is 27.5. The van der Waals surface area contributed by atoms with Crippen molar-refractivity contribution in [1.82, 2.24) is 0 Å². The Labute approximate surface area is 242 Å². The molecule has 3 aromatic rings. The second-order valence-corrected chi connectivity index (χ2v) is 15.9. The van der Waals surface area contributed by atoms with E-state index in [1.807, 2.05) is 0 Å². The first-order valence-corrected chi connectivity index (χ1v) is 16.2. The molecule has 0 saturated heterocycles. The standard InChI is InChI=1S/C10H20.3C6H5.CHO2.2CO.Ru.Sn/c1-6-7(2)9(4)10(5)8(6)3;3*1-2-4-6-5-3-1;2-1-3;2*1-2;;/h6-10H,1-5H3;3*1-5H;(H,2,3);;;;/q;;;;-1;;;+2;.